The highest BCUT2D eigenvalue weighted by atomic mass is 19.4. The highest BCUT2D eigenvalue weighted by molar-refractivity contribution is 4.61. The van der Waals surface area contributed by atoms with Gasteiger partial charge in [0.15, 0.2) is 6.36 Å². The minimum Gasteiger partial charge on any atom is -0.348 e. The van der Waals surface area contributed by atoms with Crippen molar-refractivity contribution in [3.8, 4) is 0 Å². The zero-order chi connectivity index (χ0) is 11.9. The fourth-order valence-corrected chi connectivity index (χ4v) is 1.14. The molecular formula is C10H18F4O. The van der Waals surface area contributed by atoms with E-state index in [1.54, 1.807) is 0 Å². The molecule has 0 aliphatic rings. The standard InChI is InChI=1S/C10H18F4O/c1-8(10(12,13)14)6-4-3-5-7-15-9(2)11/h8-9H,3-7H2,1-2H3. The van der Waals surface area contributed by atoms with E-state index in [9.17, 15) is 17.6 Å². The summed E-state index contributed by atoms with van der Waals surface area (Å²) in [6.07, 6.45) is -3.49. The smallest absolute Gasteiger partial charge is 0.348 e. The molecule has 0 spiro atoms. The van der Waals surface area contributed by atoms with Crippen LogP contribution in [-0.4, -0.2) is 19.1 Å². The molecule has 0 aliphatic heterocycles. The molecule has 0 aromatic rings. The second-order valence-corrected chi connectivity index (χ2v) is 3.71. The van der Waals surface area contributed by atoms with Gasteiger partial charge in [-0.3, -0.25) is 0 Å². The van der Waals surface area contributed by atoms with E-state index >= 15 is 0 Å². The maximum atomic E-state index is 12.1. The molecule has 0 aromatic heterocycles. The molecule has 1 nitrogen and oxygen atoms in total. The molecule has 2 atom stereocenters. The topological polar surface area (TPSA) is 9.23 Å². The Kier molecular flexibility index (Phi) is 6.89. The van der Waals surface area contributed by atoms with Gasteiger partial charge in [-0.25, -0.2) is 4.39 Å². The van der Waals surface area contributed by atoms with E-state index in [4.69, 9.17) is 0 Å². The summed E-state index contributed by atoms with van der Waals surface area (Å²) in [5, 5.41) is 0. The molecule has 92 valence electrons. The maximum Gasteiger partial charge on any atom is 0.391 e. The first-order chi connectivity index (χ1) is 6.84. The van der Waals surface area contributed by atoms with Crippen molar-refractivity contribution in [1.82, 2.24) is 0 Å². The lowest BCUT2D eigenvalue weighted by atomic mass is 10.0. The molecule has 5 heteroatoms. The number of rotatable bonds is 7. The summed E-state index contributed by atoms with van der Waals surface area (Å²) in [6, 6.07) is 0. The van der Waals surface area contributed by atoms with Crippen molar-refractivity contribution in [1.29, 1.82) is 0 Å². The van der Waals surface area contributed by atoms with Crippen LogP contribution in [0.4, 0.5) is 17.6 Å². The SMILES string of the molecule is CC(F)OCCCCCC(C)C(F)(F)F. The molecule has 0 heterocycles. The van der Waals surface area contributed by atoms with Crippen molar-refractivity contribution >= 4 is 0 Å². The predicted octanol–water partition coefficient (Wildman–Crippen LogP) is 4.08. The van der Waals surface area contributed by atoms with Crippen LogP contribution in [0.1, 0.15) is 39.5 Å². The molecule has 0 N–H and O–H groups in total. The van der Waals surface area contributed by atoms with E-state index in [2.05, 4.69) is 4.74 Å². The van der Waals surface area contributed by atoms with Crippen LogP contribution >= 0.6 is 0 Å². The molecule has 0 saturated carbocycles. The van der Waals surface area contributed by atoms with Gasteiger partial charge in [0, 0.05) is 0 Å². The molecule has 0 fully saturated rings. The van der Waals surface area contributed by atoms with Crippen LogP contribution in [0, 0.1) is 5.92 Å². The summed E-state index contributed by atoms with van der Waals surface area (Å²) in [6.45, 7) is 2.74. The lowest BCUT2D eigenvalue weighted by Gasteiger charge is -2.14. The lowest BCUT2D eigenvalue weighted by Crippen LogP contribution is -2.19. The van der Waals surface area contributed by atoms with Gasteiger partial charge in [0.25, 0.3) is 0 Å². The van der Waals surface area contributed by atoms with E-state index in [-0.39, 0.29) is 13.0 Å². The average molecular weight is 230 g/mol. The summed E-state index contributed by atoms with van der Waals surface area (Å²) in [5.74, 6) is -1.25. The fourth-order valence-electron chi connectivity index (χ4n) is 1.14. The van der Waals surface area contributed by atoms with Crippen LogP contribution < -0.4 is 0 Å². The number of unbranched alkanes of at least 4 members (excludes halogenated alkanes) is 2. The first-order valence-corrected chi connectivity index (χ1v) is 5.16. The molecule has 15 heavy (non-hydrogen) atoms. The molecular weight excluding hydrogens is 212 g/mol. The third-order valence-corrected chi connectivity index (χ3v) is 2.19. The summed E-state index contributed by atoms with van der Waals surface area (Å²) >= 11 is 0. The van der Waals surface area contributed by atoms with Gasteiger partial charge in [-0.05, 0) is 19.8 Å². The van der Waals surface area contributed by atoms with Crippen LogP contribution in [0.3, 0.4) is 0 Å². The molecule has 0 rings (SSSR count). The first-order valence-electron chi connectivity index (χ1n) is 5.16. The van der Waals surface area contributed by atoms with E-state index in [1.165, 1.54) is 13.8 Å². The van der Waals surface area contributed by atoms with Crippen molar-refractivity contribution in [2.45, 2.75) is 52.1 Å². The Morgan fingerprint density at radius 3 is 2.13 bits per heavy atom. The Morgan fingerprint density at radius 2 is 1.67 bits per heavy atom. The van der Waals surface area contributed by atoms with Crippen LogP contribution in [0.5, 0.6) is 0 Å². The molecule has 2 unspecified atom stereocenters. The van der Waals surface area contributed by atoms with Crippen molar-refractivity contribution < 1.29 is 22.3 Å². The van der Waals surface area contributed by atoms with Gasteiger partial charge in [-0.15, -0.1) is 0 Å². The van der Waals surface area contributed by atoms with Gasteiger partial charge in [0.1, 0.15) is 0 Å². The van der Waals surface area contributed by atoms with Crippen LogP contribution in [0.25, 0.3) is 0 Å². The first kappa shape index (κ1) is 14.7. The van der Waals surface area contributed by atoms with Crippen molar-refractivity contribution in [2.24, 2.45) is 5.92 Å². The highest BCUT2D eigenvalue weighted by Crippen LogP contribution is 2.29. The Labute approximate surface area is 87.8 Å². The lowest BCUT2D eigenvalue weighted by molar-refractivity contribution is -0.171. The molecule has 0 saturated heterocycles. The molecule has 0 amide bonds. The maximum absolute atomic E-state index is 12.1. The zero-order valence-electron chi connectivity index (χ0n) is 9.11. The fraction of sp³-hybridized carbons (Fsp3) is 1.00. The van der Waals surface area contributed by atoms with Crippen LogP contribution in [-0.2, 0) is 4.74 Å². The Bertz CT molecular complexity index is 156. The van der Waals surface area contributed by atoms with Gasteiger partial charge in [-0.1, -0.05) is 19.8 Å². The van der Waals surface area contributed by atoms with Crippen molar-refractivity contribution in [3.05, 3.63) is 0 Å². The monoisotopic (exact) mass is 230 g/mol. The number of hydrogen-bond donors (Lipinski definition) is 0. The Hall–Kier alpha value is -0.320. The Balaban J connectivity index is 3.32. The minimum absolute atomic E-state index is 0.134. The van der Waals surface area contributed by atoms with Gasteiger partial charge in [0.2, 0.25) is 0 Å². The van der Waals surface area contributed by atoms with Gasteiger partial charge >= 0.3 is 6.18 Å². The minimum atomic E-state index is -4.09. The van der Waals surface area contributed by atoms with E-state index in [1.807, 2.05) is 0 Å². The third-order valence-electron chi connectivity index (χ3n) is 2.19. The second-order valence-electron chi connectivity index (χ2n) is 3.71. The largest absolute Gasteiger partial charge is 0.391 e. The second kappa shape index (κ2) is 7.04. The zero-order valence-corrected chi connectivity index (χ0v) is 9.11. The van der Waals surface area contributed by atoms with Gasteiger partial charge < -0.3 is 4.74 Å². The third kappa shape index (κ3) is 8.66. The van der Waals surface area contributed by atoms with E-state index in [0.29, 0.717) is 19.3 Å². The quantitative estimate of drug-likeness (QED) is 0.473. The van der Waals surface area contributed by atoms with E-state index in [0.717, 1.165) is 0 Å². The summed E-state index contributed by atoms with van der Waals surface area (Å²) in [5.41, 5.74) is 0. The van der Waals surface area contributed by atoms with Crippen molar-refractivity contribution in [3.63, 3.8) is 0 Å². The number of alkyl halides is 4. The van der Waals surface area contributed by atoms with Gasteiger partial charge in [0.05, 0.1) is 12.5 Å². The van der Waals surface area contributed by atoms with E-state index < -0.39 is 18.5 Å². The molecule has 0 bridgehead atoms. The average Bonchev–Trinajstić information content (AvgIpc) is 2.08. The molecule has 0 aliphatic carbocycles. The van der Waals surface area contributed by atoms with Crippen molar-refractivity contribution in [2.75, 3.05) is 6.61 Å². The predicted molar refractivity (Wildman–Crippen MR) is 50.2 cm³/mol. The number of ether oxygens (including phenoxy) is 1. The number of hydrogen-bond acceptors (Lipinski definition) is 1. The summed E-state index contributed by atoms with van der Waals surface area (Å²) < 4.78 is 52.9. The van der Waals surface area contributed by atoms with Gasteiger partial charge in [-0.2, -0.15) is 13.2 Å². The number of halogens is 4. The highest BCUT2D eigenvalue weighted by Gasteiger charge is 2.34. The summed E-state index contributed by atoms with van der Waals surface area (Å²) in [7, 11) is 0. The van der Waals surface area contributed by atoms with Crippen LogP contribution in [0.2, 0.25) is 0 Å². The van der Waals surface area contributed by atoms with Crippen LogP contribution in [0.15, 0.2) is 0 Å². The molecule has 0 aromatic carbocycles. The molecule has 0 radical (unpaired) electrons. The normalized spacial score (nSPS) is 16.4. The Morgan fingerprint density at radius 1 is 1.07 bits per heavy atom. The summed E-state index contributed by atoms with van der Waals surface area (Å²) in [4.78, 5) is 0.